The molecule has 1 N–H and O–H groups in total. The summed E-state index contributed by atoms with van der Waals surface area (Å²) in [7, 11) is 1.66. The molecule has 1 atom stereocenters. The number of hydrogen-bond donors (Lipinski definition) is 1. The Balaban J connectivity index is 2.28. The van der Waals surface area contributed by atoms with E-state index in [0.717, 1.165) is 29.7 Å². The predicted molar refractivity (Wildman–Crippen MR) is 78.3 cm³/mol. The third-order valence-corrected chi connectivity index (χ3v) is 4.05. The number of rotatable bonds is 3. The molecule has 0 saturated carbocycles. The first-order valence-corrected chi connectivity index (χ1v) is 7.21. The first kappa shape index (κ1) is 14.1. The lowest BCUT2D eigenvalue weighted by atomic mass is 9.83. The van der Waals surface area contributed by atoms with Gasteiger partial charge in [0.1, 0.15) is 11.4 Å². The van der Waals surface area contributed by atoms with Crippen molar-refractivity contribution in [3.63, 3.8) is 0 Å². The maximum absolute atomic E-state index is 10.9. The van der Waals surface area contributed by atoms with Crippen molar-refractivity contribution in [1.82, 2.24) is 0 Å². The smallest absolute Gasteiger partial charge is 0.119 e. The Bertz CT molecular complexity index is 446. The minimum Gasteiger partial charge on any atom is -0.497 e. The Morgan fingerprint density at radius 3 is 2.74 bits per heavy atom. The first-order chi connectivity index (χ1) is 9.14. The van der Waals surface area contributed by atoms with E-state index in [4.69, 9.17) is 4.74 Å². The van der Waals surface area contributed by atoms with Crippen molar-refractivity contribution in [1.29, 1.82) is 0 Å². The standard InChI is InChI=1S/C17H24O2/c1-17(18,14-9-6-4-3-5-7-10-14)15-11-8-12-16(13-15)19-2/h8-9,11-13,18H,3-7,10H2,1-2H3/b14-9+. The van der Waals surface area contributed by atoms with E-state index in [9.17, 15) is 5.11 Å². The largest absolute Gasteiger partial charge is 0.497 e. The fourth-order valence-corrected chi connectivity index (χ4v) is 2.75. The number of methoxy groups -OCH3 is 1. The molecule has 1 aromatic rings. The number of benzene rings is 1. The fraction of sp³-hybridized carbons (Fsp3) is 0.529. The molecule has 0 amide bonds. The van der Waals surface area contributed by atoms with Crippen LogP contribution in [-0.2, 0) is 5.60 Å². The highest BCUT2D eigenvalue weighted by Gasteiger charge is 2.28. The highest BCUT2D eigenvalue weighted by atomic mass is 16.5. The van der Waals surface area contributed by atoms with Gasteiger partial charge < -0.3 is 9.84 Å². The molecular weight excluding hydrogens is 236 g/mol. The molecule has 1 aromatic carbocycles. The topological polar surface area (TPSA) is 29.5 Å². The number of ether oxygens (including phenoxy) is 1. The highest BCUT2D eigenvalue weighted by Crippen LogP contribution is 2.35. The van der Waals surface area contributed by atoms with Crippen molar-refractivity contribution in [2.24, 2.45) is 0 Å². The van der Waals surface area contributed by atoms with Gasteiger partial charge in [-0.1, -0.05) is 31.1 Å². The summed E-state index contributed by atoms with van der Waals surface area (Å²) >= 11 is 0. The van der Waals surface area contributed by atoms with Crippen molar-refractivity contribution < 1.29 is 9.84 Å². The molecule has 0 fully saturated rings. The molecule has 0 aliphatic heterocycles. The van der Waals surface area contributed by atoms with Crippen molar-refractivity contribution >= 4 is 0 Å². The third kappa shape index (κ3) is 3.38. The second-order valence-corrected chi connectivity index (χ2v) is 5.49. The van der Waals surface area contributed by atoms with Crippen LogP contribution >= 0.6 is 0 Å². The zero-order chi connectivity index (χ0) is 13.7. The maximum Gasteiger partial charge on any atom is 0.119 e. The molecule has 0 heterocycles. The average Bonchev–Trinajstić information content (AvgIpc) is 2.38. The SMILES string of the molecule is COc1cccc(C(C)(O)/C2=C/CCCCCC2)c1. The summed E-state index contributed by atoms with van der Waals surface area (Å²) in [5, 5.41) is 10.9. The van der Waals surface area contributed by atoms with E-state index in [0.29, 0.717) is 0 Å². The molecule has 2 heteroatoms. The lowest BCUT2D eigenvalue weighted by molar-refractivity contribution is 0.0920. The fourth-order valence-electron chi connectivity index (χ4n) is 2.75. The molecule has 1 aliphatic carbocycles. The Labute approximate surface area is 116 Å². The minimum atomic E-state index is -0.883. The molecular formula is C17H24O2. The van der Waals surface area contributed by atoms with Crippen LogP contribution in [0.15, 0.2) is 35.9 Å². The second-order valence-electron chi connectivity index (χ2n) is 5.49. The van der Waals surface area contributed by atoms with E-state index >= 15 is 0 Å². The van der Waals surface area contributed by atoms with Gasteiger partial charge in [-0.15, -0.1) is 0 Å². The Morgan fingerprint density at radius 1 is 1.16 bits per heavy atom. The van der Waals surface area contributed by atoms with Gasteiger partial charge in [0.25, 0.3) is 0 Å². The van der Waals surface area contributed by atoms with Crippen LogP contribution in [0.25, 0.3) is 0 Å². The van der Waals surface area contributed by atoms with Gasteiger partial charge in [0, 0.05) is 0 Å². The molecule has 19 heavy (non-hydrogen) atoms. The van der Waals surface area contributed by atoms with Gasteiger partial charge >= 0.3 is 0 Å². The second kappa shape index (κ2) is 6.25. The van der Waals surface area contributed by atoms with Gasteiger partial charge in [0.15, 0.2) is 0 Å². The summed E-state index contributed by atoms with van der Waals surface area (Å²) in [4.78, 5) is 0. The van der Waals surface area contributed by atoms with Gasteiger partial charge in [0.2, 0.25) is 0 Å². The molecule has 2 nitrogen and oxygen atoms in total. The van der Waals surface area contributed by atoms with Gasteiger partial charge in [-0.25, -0.2) is 0 Å². The predicted octanol–water partition coefficient (Wildman–Crippen LogP) is 4.18. The van der Waals surface area contributed by atoms with Crippen LogP contribution in [0.3, 0.4) is 0 Å². The zero-order valence-corrected chi connectivity index (χ0v) is 12.0. The summed E-state index contributed by atoms with van der Waals surface area (Å²) in [6, 6.07) is 7.75. The summed E-state index contributed by atoms with van der Waals surface area (Å²) in [6.07, 6.45) is 9.29. The van der Waals surface area contributed by atoms with Crippen LogP contribution in [0.1, 0.15) is 51.0 Å². The normalized spacial score (nSPS) is 22.6. The lowest BCUT2D eigenvalue weighted by Gasteiger charge is -2.29. The highest BCUT2D eigenvalue weighted by molar-refractivity contribution is 5.37. The molecule has 0 saturated heterocycles. The van der Waals surface area contributed by atoms with E-state index < -0.39 is 5.60 Å². The van der Waals surface area contributed by atoms with E-state index in [1.54, 1.807) is 7.11 Å². The van der Waals surface area contributed by atoms with Crippen LogP contribution in [0, 0.1) is 0 Å². The average molecular weight is 260 g/mol. The van der Waals surface area contributed by atoms with Gasteiger partial charge in [-0.2, -0.15) is 0 Å². The molecule has 2 rings (SSSR count). The van der Waals surface area contributed by atoms with Gasteiger partial charge in [-0.05, 0) is 55.9 Å². The van der Waals surface area contributed by atoms with Crippen molar-refractivity contribution in [2.75, 3.05) is 7.11 Å². The molecule has 1 aliphatic rings. The van der Waals surface area contributed by atoms with Gasteiger partial charge in [-0.3, -0.25) is 0 Å². The minimum absolute atomic E-state index is 0.796. The Hall–Kier alpha value is -1.28. The quantitative estimate of drug-likeness (QED) is 0.826. The number of aliphatic hydroxyl groups is 1. The first-order valence-electron chi connectivity index (χ1n) is 7.21. The van der Waals surface area contributed by atoms with Crippen LogP contribution in [0.4, 0.5) is 0 Å². The summed E-state index contributed by atoms with van der Waals surface area (Å²) in [6.45, 7) is 1.90. The molecule has 0 spiro atoms. The lowest BCUT2D eigenvalue weighted by Crippen LogP contribution is -2.24. The van der Waals surface area contributed by atoms with Crippen molar-refractivity contribution in [3.05, 3.63) is 41.5 Å². The summed E-state index contributed by atoms with van der Waals surface area (Å²) < 4.78 is 5.25. The zero-order valence-electron chi connectivity index (χ0n) is 12.0. The monoisotopic (exact) mass is 260 g/mol. The Morgan fingerprint density at radius 2 is 1.95 bits per heavy atom. The molecule has 0 radical (unpaired) electrons. The Kier molecular flexibility index (Phi) is 4.65. The van der Waals surface area contributed by atoms with E-state index in [-0.39, 0.29) is 0 Å². The van der Waals surface area contributed by atoms with E-state index in [1.165, 1.54) is 25.7 Å². The van der Waals surface area contributed by atoms with Crippen molar-refractivity contribution in [2.45, 2.75) is 51.0 Å². The number of hydrogen-bond acceptors (Lipinski definition) is 2. The third-order valence-electron chi connectivity index (χ3n) is 4.05. The van der Waals surface area contributed by atoms with Crippen LogP contribution in [-0.4, -0.2) is 12.2 Å². The van der Waals surface area contributed by atoms with Crippen LogP contribution in [0.5, 0.6) is 5.75 Å². The maximum atomic E-state index is 10.9. The molecule has 1 unspecified atom stereocenters. The van der Waals surface area contributed by atoms with Gasteiger partial charge in [0.05, 0.1) is 7.11 Å². The molecule has 0 bridgehead atoms. The van der Waals surface area contributed by atoms with E-state index in [2.05, 4.69) is 6.08 Å². The number of allylic oxidation sites excluding steroid dienone is 1. The molecule has 104 valence electrons. The summed E-state index contributed by atoms with van der Waals surface area (Å²) in [5.41, 5.74) is 1.19. The summed E-state index contributed by atoms with van der Waals surface area (Å²) in [5.74, 6) is 0.796. The van der Waals surface area contributed by atoms with Crippen LogP contribution in [0.2, 0.25) is 0 Å². The van der Waals surface area contributed by atoms with Crippen LogP contribution < -0.4 is 4.74 Å². The van der Waals surface area contributed by atoms with Crippen molar-refractivity contribution in [3.8, 4) is 5.75 Å². The molecule has 0 aromatic heterocycles. The van der Waals surface area contributed by atoms with E-state index in [1.807, 2.05) is 31.2 Å².